The molecule has 0 unspecified atom stereocenters. The number of hydrogen-bond donors (Lipinski definition) is 0. The van der Waals surface area contributed by atoms with Crippen molar-refractivity contribution in [1.82, 2.24) is 23.7 Å². The van der Waals surface area contributed by atoms with Crippen molar-refractivity contribution in [2.24, 2.45) is 5.92 Å². The van der Waals surface area contributed by atoms with E-state index in [1.165, 1.54) is 4.31 Å². The van der Waals surface area contributed by atoms with Crippen LogP contribution in [0.1, 0.15) is 24.6 Å². The van der Waals surface area contributed by atoms with Gasteiger partial charge in [0.1, 0.15) is 6.61 Å². The molecule has 4 heterocycles. The molecule has 3 aliphatic heterocycles. The van der Waals surface area contributed by atoms with Gasteiger partial charge in [0.2, 0.25) is 5.89 Å². The Morgan fingerprint density at radius 2 is 2.08 bits per heavy atom. The largest absolute Gasteiger partial charge is 0.377 e. The number of aromatic nitrogens is 2. The molecule has 0 spiro atoms. The topological polar surface area (TPSA) is 92.0 Å². The first-order valence-electron chi connectivity index (χ1n) is 8.12. The average Bonchev–Trinajstić information content (AvgIpc) is 2.77. The van der Waals surface area contributed by atoms with Gasteiger partial charge in [-0.25, -0.2) is 0 Å². The summed E-state index contributed by atoms with van der Waals surface area (Å²) in [5, 5.41) is 3.88. The van der Waals surface area contributed by atoms with Crippen molar-refractivity contribution in [1.29, 1.82) is 0 Å². The predicted molar refractivity (Wildman–Crippen MR) is 86.1 cm³/mol. The van der Waals surface area contributed by atoms with Crippen LogP contribution in [0.4, 0.5) is 0 Å². The van der Waals surface area contributed by atoms with Crippen LogP contribution < -0.4 is 0 Å². The van der Waals surface area contributed by atoms with Gasteiger partial charge in [0.25, 0.3) is 10.2 Å². The standard InChI is InChI=1S/C14H25N5O4S/c1-17(2)24(20,21)19-7-11-4-5-12(8-19)18(6-11)9-14-15-13(10-22-3)16-23-14/h11-12H,4-10H2,1-3H3/t11-,12-/m1/s1. The summed E-state index contributed by atoms with van der Waals surface area (Å²) in [5.41, 5.74) is 0. The molecule has 0 amide bonds. The molecule has 24 heavy (non-hydrogen) atoms. The second-order valence-electron chi connectivity index (χ2n) is 6.67. The SMILES string of the molecule is COCc1noc(CN2C[C@H]3CC[C@@H]2CN(S(=O)(=O)N(C)C)C3)n1. The molecule has 0 aliphatic carbocycles. The molecule has 1 aromatic rings. The van der Waals surface area contributed by atoms with Crippen LogP contribution in [-0.4, -0.2) is 79.0 Å². The molecule has 2 bridgehead atoms. The molecular weight excluding hydrogens is 334 g/mol. The first-order chi connectivity index (χ1) is 11.4. The summed E-state index contributed by atoms with van der Waals surface area (Å²) in [4.78, 5) is 6.59. The number of hydrogen-bond acceptors (Lipinski definition) is 7. The van der Waals surface area contributed by atoms with Crippen molar-refractivity contribution < 1.29 is 17.7 Å². The Morgan fingerprint density at radius 3 is 2.79 bits per heavy atom. The van der Waals surface area contributed by atoms with E-state index >= 15 is 0 Å². The fraction of sp³-hybridized carbons (Fsp3) is 0.857. The number of methoxy groups -OCH3 is 1. The molecule has 3 fully saturated rings. The van der Waals surface area contributed by atoms with Crippen LogP contribution in [0.25, 0.3) is 0 Å². The van der Waals surface area contributed by atoms with Gasteiger partial charge in [-0.05, 0) is 18.8 Å². The lowest BCUT2D eigenvalue weighted by Crippen LogP contribution is -2.45. The van der Waals surface area contributed by atoms with E-state index in [0.717, 1.165) is 19.4 Å². The number of ether oxygens (including phenoxy) is 1. The molecular formula is C14H25N5O4S. The molecule has 4 rings (SSSR count). The van der Waals surface area contributed by atoms with Gasteiger partial charge in [-0.3, -0.25) is 4.90 Å². The van der Waals surface area contributed by atoms with Crippen molar-refractivity contribution in [3.63, 3.8) is 0 Å². The highest BCUT2D eigenvalue weighted by Gasteiger charge is 2.40. The summed E-state index contributed by atoms with van der Waals surface area (Å²) < 4.78 is 38.1. The third kappa shape index (κ3) is 3.62. The average molecular weight is 359 g/mol. The molecule has 2 atom stereocenters. The van der Waals surface area contributed by atoms with Crippen LogP contribution in [0.15, 0.2) is 4.52 Å². The third-order valence-electron chi connectivity index (χ3n) is 4.70. The van der Waals surface area contributed by atoms with E-state index in [0.29, 0.717) is 43.9 Å². The Balaban J connectivity index is 1.71. The molecule has 0 radical (unpaired) electrons. The van der Waals surface area contributed by atoms with E-state index in [1.807, 2.05) is 0 Å². The summed E-state index contributed by atoms with van der Waals surface area (Å²) in [6, 6.07) is 0.177. The van der Waals surface area contributed by atoms with Gasteiger partial charge in [0, 0.05) is 46.9 Å². The molecule has 0 saturated carbocycles. The lowest BCUT2D eigenvalue weighted by atomic mass is 9.95. The van der Waals surface area contributed by atoms with Crippen LogP contribution in [-0.2, 0) is 28.1 Å². The zero-order valence-electron chi connectivity index (χ0n) is 14.4. The van der Waals surface area contributed by atoms with E-state index < -0.39 is 10.2 Å². The van der Waals surface area contributed by atoms with Crippen LogP contribution in [0, 0.1) is 5.92 Å². The van der Waals surface area contributed by atoms with E-state index in [9.17, 15) is 8.42 Å². The van der Waals surface area contributed by atoms with Crippen LogP contribution in [0.5, 0.6) is 0 Å². The zero-order valence-corrected chi connectivity index (χ0v) is 15.2. The summed E-state index contributed by atoms with van der Waals surface area (Å²) in [7, 11) is 1.37. The van der Waals surface area contributed by atoms with E-state index in [-0.39, 0.29) is 6.04 Å². The smallest absolute Gasteiger partial charge is 0.281 e. The highest BCUT2D eigenvalue weighted by atomic mass is 32.2. The van der Waals surface area contributed by atoms with Gasteiger partial charge in [0.05, 0.1) is 6.54 Å². The lowest BCUT2D eigenvalue weighted by Gasteiger charge is -2.34. The Kier molecular flexibility index (Phi) is 5.21. The molecule has 0 aromatic carbocycles. The molecule has 136 valence electrons. The maximum atomic E-state index is 12.5. The van der Waals surface area contributed by atoms with E-state index in [1.54, 1.807) is 25.5 Å². The van der Waals surface area contributed by atoms with Crippen LogP contribution in [0.2, 0.25) is 0 Å². The number of piperidine rings is 1. The zero-order chi connectivity index (χ0) is 17.3. The predicted octanol–water partition coefficient (Wildman–Crippen LogP) is -0.0814. The molecule has 3 aliphatic rings. The number of fused-ring (bicyclic) bond motifs is 4. The Labute approximate surface area is 142 Å². The first-order valence-corrected chi connectivity index (χ1v) is 9.52. The van der Waals surface area contributed by atoms with E-state index in [2.05, 4.69) is 15.0 Å². The second-order valence-corrected chi connectivity index (χ2v) is 8.81. The minimum atomic E-state index is -3.38. The molecule has 10 heteroatoms. The van der Waals surface area contributed by atoms with Crippen molar-refractivity contribution in [2.45, 2.75) is 32.0 Å². The molecule has 9 nitrogen and oxygen atoms in total. The minimum absolute atomic E-state index is 0.177. The van der Waals surface area contributed by atoms with E-state index in [4.69, 9.17) is 9.26 Å². The quantitative estimate of drug-likeness (QED) is 0.701. The second kappa shape index (κ2) is 7.04. The Bertz CT molecular complexity index is 662. The fourth-order valence-corrected chi connectivity index (χ4v) is 4.69. The fourth-order valence-electron chi connectivity index (χ4n) is 3.46. The van der Waals surface area contributed by atoms with Crippen LogP contribution >= 0.6 is 0 Å². The van der Waals surface area contributed by atoms with Gasteiger partial charge in [-0.2, -0.15) is 22.0 Å². The monoisotopic (exact) mass is 359 g/mol. The van der Waals surface area contributed by atoms with Crippen LogP contribution in [0.3, 0.4) is 0 Å². The van der Waals surface area contributed by atoms with Gasteiger partial charge >= 0.3 is 0 Å². The Hall–Kier alpha value is -1.07. The lowest BCUT2D eigenvalue weighted by molar-refractivity contribution is 0.111. The molecule has 3 saturated heterocycles. The van der Waals surface area contributed by atoms with Gasteiger partial charge < -0.3 is 9.26 Å². The Morgan fingerprint density at radius 1 is 1.29 bits per heavy atom. The van der Waals surface area contributed by atoms with Gasteiger partial charge in [-0.1, -0.05) is 5.16 Å². The molecule has 0 N–H and O–H groups in total. The van der Waals surface area contributed by atoms with Gasteiger partial charge in [-0.15, -0.1) is 0 Å². The summed E-state index contributed by atoms with van der Waals surface area (Å²) in [5.74, 6) is 1.42. The van der Waals surface area contributed by atoms with Crippen molar-refractivity contribution in [2.75, 3.05) is 40.8 Å². The highest BCUT2D eigenvalue weighted by Crippen LogP contribution is 2.30. The normalized spacial score (nSPS) is 26.2. The van der Waals surface area contributed by atoms with Gasteiger partial charge in [0.15, 0.2) is 5.82 Å². The number of rotatable bonds is 6. The summed E-state index contributed by atoms with van der Waals surface area (Å²) in [6.07, 6.45) is 2.04. The third-order valence-corrected chi connectivity index (χ3v) is 6.58. The minimum Gasteiger partial charge on any atom is -0.377 e. The summed E-state index contributed by atoms with van der Waals surface area (Å²) >= 11 is 0. The van der Waals surface area contributed by atoms with Crippen molar-refractivity contribution in [3.05, 3.63) is 11.7 Å². The highest BCUT2D eigenvalue weighted by molar-refractivity contribution is 7.86. The maximum absolute atomic E-state index is 12.5. The maximum Gasteiger partial charge on any atom is 0.281 e. The van der Waals surface area contributed by atoms with Crippen molar-refractivity contribution in [3.8, 4) is 0 Å². The first kappa shape index (κ1) is 17.7. The van der Waals surface area contributed by atoms with Crippen molar-refractivity contribution >= 4 is 10.2 Å². The summed E-state index contributed by atoms with van der Waals surface area (Å²) in [6.45, 7) is 2.81. The number of nitrogens with zero attached hydrogens (tertiary/aromatic N) is 5. The molecule has 1 aromatic heterocycles.